The van der Waals surface area contributed by atoms with Gasteiger partial charge in [-0.15, -0.1) is 11.8 Å². The van der Waals surface area contributed by atoms with E-state index in [2.05, 4.69) is 11.9 Å². The lowest BCUT2D eigenvalue weighted by Gasteiger charge is -1.99. The first-order valence-corrected chi connectivity index (χ1v) is 5.16. The molecule has 2 N–H and O–H groups in total. The third-order valence-corrected chi connectivity index (χ3v) is 2.52. The molecule has 3 heteroatoms. The van der Waals surface area contributed by atoms with Crippen molar-refractivity contribution in [3.8, 4) is 0 Å². The van der Waals surface area contributed by atoms with Gasteiger partial charge in [-0.25, -0.2) is 4.98 Å². The summed E-state index contributed by atoms with van der Waals surface area (Å²) in [5.41, 5.74) is 6.40. The Labute approximate surface area is 77.6 Å². The summed E-state index contributed by atoms with van der Waals surface area (Å²) in [6.07, 6.45) is 4.22. The van der Waals surface area contributed by atoms with Gasteiger partial charge in [0.1, 0.15) is 0 Å². The average molecular weight is 182 g/mol. The zero-order valence-corrected chi connectivity index (χ0v) is 8.10. The van der Waals surface area contributed by atoms with Crippen molar-refractivity contribution in [3.05, 3.63) is 18.3 Å². The lowest BCUT2D eigenvalue weighted by Crippen LogP contribution is -1.87. The number of rotatable bonds is 4. The van der Waals surface area contributed by atoms with Crippen molar-refractivity contribution >= 4 is 17.4 Å². The van der Waals surface area contributed by atoms with Crippen molar-refractivity contribution in [3.63, 3.8) is 0 Å². The van der Waals surface area contributed by atoms with Crippen LogP contribution in [-0.4, -0.2) is 10.7 Å². The zero-order chi connectivity index (χ0) is 8.81. The summed E-state index contributed by atoms with van der Waals surface area (Å²) in [4.78, 5) is 4.19. The summed E-state index contributed by atoms with van der Waals surface area (Å²) in [6, 6.07) is 3.73. The highest BCUT2D eigenvalue weighted by atomic mass is 32.2. The molecule has 0 aliphatic heterocycles. The molecule has 0 atom stereocenters. The first kappa shape index (κ1) is 9.39. The normalized spacial score (nSPS) is 10.1. The lowest BCUT2D eigenvalue weighted by molar-refractivity contribution is 0.894. The van der Waals surface area contributed by atoms with Gasteiger partial charge in [0.05, 0.1) is 5.03 Å². The SMILES string of the molecule is CCCCSc1cc(N)ccn1. The predicted molar refractivity (Wildman–Crippen MR) is 54.3 cm³/mol. The van der Waals surface area contributed by atoms with Crippen LogP contribution in [0.1, 0.15) is 19.8 Å². The fraction of sp³-hybridized carbons (Fsp3) is 0.444. The number of thioether (sulfide) groups is 1. The first-order valence-electron chi connectivity index (χ1n) is 4.17. The van der Waals surface area contributed by atoms with Crippen LogP contribution in [0.3, 0.4) is 0 Å². The standard InChI is InChI=1S/C9H14N2S/c1-2-3-6-12-9-7-8(10)4-5-11-9/h4-5,7H,2-3,6H2,1H3,(H2,10,11). The van der Waals surface area contributed by atoms with Gasteiger partial charge in [-0.1, -0.05) is 13.3 Å². The summed E-state index contributed by atoms with van der Waals surface area (Å²) >= 11 is 1.77. The van der Waals surface area contributed by atoms with Gasteiger partial charge in [-0.3, -0.25) is 0 Å². The molecule has 0 saturated carbocycles. The maximum atomic E-state index is 5.61. The molecule has 0 fully saturated rings. The molecular formula is C9H14N2S. The molecule has 0 aliphatic rings. The summed E-state index contributed by atoms with van der Waals surface area (Å²) < 4.78 is 0. The van der Waals surface area contributed by atoms with Crippen LogP contribution in [0.5, 0.6) is 0 Å². The van der Waals surface area contributed by atoms with E-state index in [1.807, 2.05) is 12.1 Å². The van der Waals surface area contributed by atoms with E-state index in [9.17, 15) is 0 Å². The third kappa shape index (κ3) is 3.13. The van der Waals surface area contributed by atoms with Crippen molar-refractivity contribution in [2.24, 2.45) is 0 Å². The molecule has 0 unspecified atom stereocenters. The fourth-order valence-corrected chi connectivity index (χ4v) is 1.82. The molecule has 0 aliphatic carbocycles. The monoisotopic (exact) mass is 182 g/mol. The second-order valence-corrected chi connectivity index (χ2v) is 3.74. The van der Waals surface area contributed by atoms with Crippen molar-refractivity contribution in [2.75, 3.05) is 11.5 Å². The van der Waals surface area contributed by atoms with Gasteiger partial charge in [0.15, 0.2) is 0 Å². The first-order chi connectivity index (χ1) is 5.83. The number of hydrogen-bond acceptors (Lipinski definition) is 3. The topological polar surface area (TPSA) is 38.9 Å². The Morgan fingerprint density at radius 1 is 1.58 bits per heavy atom. The minimum atomic E-state index is 0.795. The zero-order valence-electron chi connectivity index (χ0n) is 7.29. The second kappa shape index (κ2) is 5.04. The highest BCUT2D eigenvalue weighted by Crippen LogP contribution is 2.18. The maximum absolute atomic E-state index is 5.61. The number of unbranched alkanes of at least 4 members (excludes halogenated alkanes) is 1. The summed E-state index contributed by atoms with van der Waals surface area (Å²) in [6.45, 7) is 2.19. The van der Waals surface area contributed by atoms with E-state index >= 15 is 0 Å². The third-order valence-electron chi connectivity index (χ3n) is 1.51. The Morgan fingerprint density at radius 3 is 3.08 bits per heavy atom. The second-order valence-electron chi connectivity index (χ2n) is 2.63. The molecule has 1 aromatic heterocycles. The van der Waals surface area contributed by atoms with Gasteiger partial charge >= 0.3 is 0 Å². The van der Waals surface area contributed by atoms with Crippen molar-refractivity contribution in [1.29, 1.82) is 0 Å². The Hall–Kier alpha value is -0.700. The number of anilines is 1. The van der Waals surface area contributed by atoms with E-state index in [0.29, 0.717) is 0 Å². The highest BCUT2D eigenvalue weighted by Gasteiger charge is 1.94. The molecule has 0 radical (unpaired) electrons. The number of pyridine rings is 1. The molecule has 12 heavy (non-hydrogen) atoms. The molecule has 0 spiro atoms. The van der Waals surface area contributed by atoms with Crippen molar-refractivity contribution in [1.82, 2.24) is 4.98 Å². The molecule has 1 rings (SSSR count). The van der Waals surface area contributed by atoms with Crippen LogP contribution in [0.25, 0.3) is 0 Å². The Kier molecular flexibility index (Phi) is 3.94. The smallest absolute Gasteiger partial charge is 0.0980 e. The summed E-state index contributed by atoms with van der Waals surface area (Å²) in [7, 11) is 0. The average Bonchev–Trinajstić information content (AvgIpc) is 2.05. The fourth-order valence-electron chi connectivity index (χ4n) is 0.825. The number of nitrogens with two attached hydrogens (primary N) is 1. The molecule has 0 amide bonds. The molecule has 66 valence electrons. The van der Waals surface area contributed by atoms with Crippen molar-refractivity contribution < 1.29 is 0 Å². The van der Waals surface area contributed by atoms with E-state index in [1.54, 1.807) is 18.0 Å². The lowest BCUT2D eigenvalue weighted by atomic mass is 10.4. The maximum Gasteiger partial charge on any atom is 0.0980 e. The minimum absolute atomic E-state index is 0.795. The van der Waals surface area contributed by atoms with Gasteiger partial charge in [0.25, 0.3) is 0 Å². The predicted octanol–water partition coefficient (Wildman–Crippen LogP) is 2.56. The molecule has 1 aromatic rings. The number of aromatic nitrogens is 1. The van der Waals surface area contributed by atoms with Gasteiger partial charge in [0, 0.05) is 11.9 Å². The van der Waals surface area contributed by atoms with Crippen LogP contribution in [0.4, 0.5) is 5.69 Å². The van der Waals surface area contributed by atoms with E-state index in [1.165, 1.54) is 12.8 Å². The van der Waals surface area contributed by atoms with Crippen LogP contribution < -0.4 is 5.73 Å². The Bertz CT molecular complexity index is 238. The number of nitrogens with zero attached hydrogens (tertiary/aromatic N) is 1. The quantitative estimate of drug-likeness (QED) is 0.574. The van der Waals surface area contributed by atoms with E-state index in [0.717, 1.165) is 16.5 Å². The van der Waals surface area contributed by atoms with E-state index < -0.39 is 0 Å². The van der Waals surface area contributed by atoms with Gasteiger partial charge in [-0.2, -0.15) is 0 Å². The van der Waals surface area contributed by atoms with Gasteiger partial charge < -0.3 is 5.73 Å². The molecule has 2 nitrogen and oxygen atoms in total. The summed E-state index contributed by atoms with van der Waals surface area (Å²) in [5, 5.41) is 1.03. The largest absolute Gasteiger partial charge is 0.399 e. The summed E-state index contributed by atoms with van der Waals surface area (Å²) in [5.74, 6) is 1.13. The molecule has 0 bridgehead atoms. The molecule has 0 aromatic carbocycles. The number of nitrogen functional groups attached to an aromatic ring is 1. The van der Waals surface area contributed by atoms with E-state index in [4.69, 9.17) is 5.73 Å². The van der Waals surface area contributed by atoms with E-state index in [-0.39, 0.29) is 0 Å². The van der Waals surface area contributed by atoms with Crippen LogP contribution >= 0.6 is 11.8 Å². The highest BCUT2D eigenvalue weighted by molar-refractivity contribution is 7.99. The van der Waals surface area contributed by atoms with Gasteiger partial charge in [-0.05, 0) is 24.3 Å². The van der Waals surface area contributed by atoms with Crippen LogP contribution in [-0.2, 0) is 0 Å². The number of hydrogen-bond donors (Lipinski definition) is 1. The molecule has 1 heterocycles. The van der Waals surface area contributed by atoms with Crippen LogP contribution in [0, 0.1) is 0 Å². The minimum Gasteiger partial charge on any atom is -0.399 e. The molecular weight excluding hydrogens is 168 g/mol. The Balaban J connectivity index is 2.41. The Morgan fingerprint density at radius 2 is 2.42 bits per heavy atom. The van der Waals surface area contributed by atoms with Gasteiger partial charge in [0.2, 0.25) is 0 Å². The van der Waals surface area contributed by atoms with Crippen LogP contribution in [0.15, 0.2) is 23.4 Å². The van der Waals surface area contributed by atoms with Crippen LogP contribution in [0.2, 0.25) is 0 Å². The van der Waals surface area contributed by atoms with Crippen molar-refractivity contribution in [2.45, 2.75) is 24.8 Å². The molecule has 0 saturated heterocycles.